The highest BCUT2D eigenvalue weighted by Gasteiger charge is 2.37. The van der Waals surface area contributed by atoms with Gasteiger partial charge in [0.1, 0.15) is 11.6 Å². The number of anilines is 1. The topological polar surface area (TPSA) is 50.7 Å². The number of aromatic nitrogens is 3. The minimum atomic E-state index is -4.56. The summed E-state index contributed by atoms with van der Waals surface area (Å²) in [7, 11) is 0. The van der Waals surface area contributed by atoms with Gasteiger partial charge in [-0.3, -0.25) is 0 Å². The summed E-state index contributed by atoms with van der Waals surface area (Å²) < 4.78 is 53.9. The van der Waals surface area contributed by atoms with Crippen molar-refractivity contribution in [1.82, 2.24) is 15.0 Å². The molecule has 0 aliphatic carbocycles. The van der Waals surface area contributed by atoms with Crippen molar-refractivity contribution in [3.63, 3.8) is 0 Å². The molecule has 10 heteroatoms. The van der Waals surface area contributed by atoms with Crippen LogP contribution in [0.3, 0.4) is 0 Å². The van der Waals surface area contributed by atoms with Crippen LogP contribution in [0.2, 0.25) is 10.0 Å². The molecule has 1 unspecified atom stereocenters. The zero-order chi connectivity index (χ0) is 19.1. The molecule has 0 spiro atoms. The Morgan fingerprint density at radius 2 is 1.81 bits per heavy atom. The first-order chi connectivity index (χ1) is 12.2. The Morgan fingerprint density at radius 1 is 1.12 bits per heavy atom. The smallest absolute Gasteiger partial charge is 0.372 e. The van der Waals surface area contributed by atoms with Gasteiger partial charge in [-0.25, -0.2) is 9.97 Å². The third kappa shape index (κ3) is 3.52. The van der Waals surface area contributed by atoms with E-state index in [4.69, 9.17) is 23.2 Å². The van der Waals surface area contributed by atoms with E-state index in [0.29, 0.717) is 5.02 Å². The van der Waals surface area contributed by atoms with Crippen LogP contribution in [-0.2, 0) is 0 Å². The normalized spacial score (nSPS) is 13.0. The highest BCUT2D eigenvalue weighted by atomic mass is 35.5. The van der Waals surface area contributed by atoms with Gasteiger partial charge in [0.05, 0.1) is 16.3 Å². The molecule has 2 aromatic heterocycles. The van der Waals surface area contributed by atoms with Gasteiger partial charge in [-0.05, 0) is 19.1 Å². The maximum atomic E-state index is 14.7. The van der Waals surface area contributed by atoms with Crippen molar-refractivity contribution in [1.29, 1.82) is 0 Å². The van der Waals surface area contributed by atoms with Crippen molar-refractivity contribution in [2.24, 2.45) is 0 Å². The Bertz CT molecular complexity index is 978. The quantitative estimate of drug-likeness (QED) is 0.462. The second kappa shape index (κ2) is 6.85. The van der Waals surface area contributed by atoms with Gasteiger partial charge in [-0.1, -0.05) is 29.3 Å². The number of hydrogen-bond acceptors (Lipinski definition) is 4. The first kappa shape index (κ1) is 18.6. The lowest BCUT2D eigenvalue weighted by molar-refractivity contribution is -0.138. The maximum Gasteiger partial charge on any atom is 0.408 e. The molecule has 0 aliphatic rings. The third-order valence-corrected chi connectivity index (χ3v) is 4.18. The molecule has 0 fully saturated rings. The van der Waals surface area contributed by atoms with Crippen LogP contribution in [0.1, 0.15) is 6.92 Å². The summed E-state index contributed by atoms with van der Waals surface area (Å²) in [5.74, 6) is -1.03. The molecule has 0 aliphatic heterocycles. The van der Waals surface area contributed by atoms with Crippen LogP contribution in [0.15, 0.2) is 30.6 Å². The summed E-state index contributed by atoms with van der Waals surface area (Å²) in [6, 6.07) is 2.23. The van der Waals surface area contributed by atoms with Gasteiger partial charge >= 0.3 is 6.18 Å². The van der Waals surface area contributed by atoms with E-state index in [-0.39, 0.29) is 33.0 Å². The Balaban J connectivity index is 2.30. The van der Waals surface area contributed by atoms with E-state index in [2.05, 4.69) is 20.3 Å². The van der Waals surface area contributed by atoms with Gasteiger partial charge in [0.2, 0.25) is 5.95 Å². The number of alkyl halides is 3. The van der Waals surface area contributed by atoms with E-state index in [1.807, 2.05) is 0 Å². The Hall–Kier alpha value is -2.19. The maximum absolute atomic E-state index is 14.7. The molecule has 4 nitrogen and oxygen atoms in total. The average molecular weight is 405 g/mol. The average Bonchev–Trinajstić information content (AvgIpc) is 2.55. The summed E-state index contributed by atoms with van der Waals surface area (Å²) >= 11 is 12.0. The molecule has 0 saturated heterocycles. The standard InChI is InChI=1S/C16H10Cl2F4N4/c1-7(16(20,21)22)25-12-11(9-3-2-8(17)6-10(9)18)14(19)26-15-13(12)23-4-5-24-15/h2-7H,1H3,(H,24,25,26). The molecule has 3 rings (SSSR count). The molecule has 1 N–H and O–H groups in total. The SMILES string of the molecule is CC(Nc1c(-c2ccc(Cl)cc2Cl)c(F)nc2nccnc12)C(F)(F)F. The summed E-state index contributed by atoms with van der Waals surface area (Å²) in [6.45, 7) is 0.910. The van der Waals surface area contributed by atoms with Crippen molar-refractivity contribution in [2.45, 2.75) is 19.1 Å². The fourth-order valence-electron chi connectivity index (χ4n) is 2.34. The van der Waals surface area contributed by atoms with Crippen LogP contribution in [0.5, 0.6) is 0 Å². The van der Waals surface area contributed by atoms with Gasteiger partial charge in [-0.15, -0.1) is 0 Å². The van der Waals surface area contributed by atoms with Crippen molar-refractivity contribution in [3.05, 3.63) is 46.6 Å². The second-order valence-corrected chi connectivity index (χ2v) is 6.26. The predicted molar refractivity (Wildman–Crippen MR) is 91.9 cm³/mol. The Morgan fingerprint density at radius 3 is 2.46 bits per heavy atom. The van der Waals surface area contributed by atoms with Gasteiger partial charge in [0, 0.05) is 23.0 Å². The highest BCUT2D eigenvalue weighted by Crippen LogP contribution is 2.40. The first-order valence-electron chi connectivity index (χ1n) is 7.27. The van der Waals surface area contributed by atoms with Crippen LogP contribution >= 0.6 is 23.2 Å². The van der Waals surface area contributed by atoms with Crippen molar-refractivity contribution < 1.29 is 17.6 Å². The molecule has 2 heterocycles. The highest BCUT2D eigenvalue weighted by molar-refractivity contribution is 6.36. The lowest BCUT2D eigenvalue weighted by atomic mass is 10.0. The molecule has 1 atom stereocenters. The van der Waals surface area contributed by atoms with E-state index < -0.39 is 18.2 Å². The summed E-state index contributed by atoms with van der Waals surface area (Å²) in [5, 5.41) is 2.63. The van der Waals surface area contributed by atoms with E-state index in [1.165, 1.54) is 30.6 Å². The van der Waals surface area contributed by atoms with Crippen molar-refractivity contribution >= 4 is 40.1 Å². The zero-order valence-electron chi connectivity index (χ0n) is 13.1. The van der Waals surface area contributed by atoms with Crippen LogP contribution in [0.25, 0.3) is 22.3 Å². The largest absolute Gasteiger partial charge is 0.408 e. The van der Waals surface area contributed by atoms with Crippen molar-refractivity contribution in [3.8, 4) is 11.1 Å². The number of halogens is 6. The molecule has 1 aromatic carbocycles. The molecule has 0 bridgehead atoms. The van der Waals surface area contributed by atoms with Crippen LogP contribution in [0, 0.1) is 5.95 Å². The van der Waals surface area contributed by atoms with E-state index in [1.54, 1.807) is 0 Å². The number of fused-ring (bicyclic) bond motifs is 1. The molecule has 0 saturated carbocycles. The molecule has 0 amide bonds. The van der Waals surface area contributed by atoms with Crippen molar-refractivity contribution in [2.75, 3.05) is 5.32 Å². The minimum absolute atomic E-state index is 0.00832. The molecule has 0 radical (unpaired) electrons. The summed E-state index contributed by atoms with van der Waals surface area (Å²) in [6.07, 6.45) is -2.02. The fourth-order valence-corrected chi connectivity index (χ4v) is 2.84. The number of nitrogens with zero attached hydrogens (tertiary/aromatic N) is 3. The van der Waals surface area contributed by atoms with Gasteiger partial charge in [-0.2, -0.15) is 22.5 Å². The van der Waals surface area contributed by atoms with Crippen LogP contribution in [0.4, 0.5) is 23.2 Å². The molecular weight excluding hydrogens is 395 g/mol. The first-order valence-corrected chi connectivity index (χ1v) is 8.03. The Labute approximate surface area is 155 Å². The molecule has 26 heavy (non-hydrogen) atoms. The summed E-state index contributed by atoms with van der Waals surface area (Å²) in [5.41, 5.74) is -0.447. The van der Waals surface area contributed by atoms with Crippen LogP contribution < -0.4 is 5.32 Å². The second-order valence-electron chi connectivity index (χ2n) is 5.41. The van der Waals surface area contributed by atoms with Gasteiger partial charge in [0.15, 0.2) is 5.65 Å². The number of rotatable bonds is 3. The number of hydrogen-bond donors (Lipinski definition) is 1. The fraction of sp³-hybridized carbons (Fsp3) is 0.188. The number of benzene rings is 1. The zero-order valence-corrected chi connectivity index (χ0v) is 14.6. The van der Waals surface area contributed by atoms with E-state index >= 15 is 0 Å². The third-order valence-electron chi connectivity index (χ3n) is 3.63. The number of nitrogens with one attached hydrogen (secondary N) is 1. The van der Waals surface area contributed by atoms with Gasteiger partial charge < -0.3 is 5.32 Å². The molecule has 136 valence electrons. The summed E-state index contributed by atoms with van der Waals surface area (Å²) in [4.78, 5) is 11.5. The predicted octanol–water partition coefficient (Wildman–Crippen LogP) is 5.50. The minimum Gasteiger partial charge on any atom is -0.372 e. The molecule has 3 aromatic rings. The number of pyridine rings is 1. The molecular formula is C16H10Cl2F4N4. The van der Waals surface area contributed by atoms with E-state index in [0.717, 1.165) is 6.92 Å². The van der Waals surface area contributed by atoms with Crippen LogP contribution in [-0.4, -0.2) is 27.2 Å². The lowest BCUT2D eigenvalue weighted by Gasteiger charge is -2.22. The lowest BCUT2D eigenvalue weighted by Crippen LogP contribution is -2.33. The van der Waals surface area contributed by atoms with Gasteiger partial charge in [0.25, 0.3) is 0 Å². The Kier molecular flexibility index (Phi) is 4.90. The monoisotopic (exact) mass is 404 g/mol. The van der Waals surface area contributed by atoms with E-state index in [9.17, 15) is 17.6 Å².